The maximum absolute atomic E-state index is 11.2. The molecule has 0 N–H and O–H groups in total. The lowest BCUT2D eigenvalue weighted by molar-refractivity contribution is -0.297. The van der Waals surface area contributed by atoms with Crippen molar-refractivity contribution in [3.05, 3.63) is 12.2 Å². The molecule has 1 aliphatic rings. The average Bonchev–Trinajstić information content (AvgIpc) is 2.15. The number of carbonyl (C=O) groups excluding carboxylic acids is 2. The van der Waals surface area contributed by atoms with Gasteiger partial charge in [-0.15, -0.1) is 0 Å². The maximum atomic E-state index is 11.2. The largest absolute Gasteiger partial charge is 0.545 e. The Morgan fingerprint density at radius 3 is 2.38 bits per heavy atom. The Morgan fingerprint density at radius 2 is 1.85 bits per heavy atom. The van der Waals surface area contributed by atoms with Crippen LogP contribution in [0.15, 0.2) is 12.2 Å². The second-order valence-corrected chi connectivity index (χ2v) is 2.59. The molecule has 72 valence electrons. The Balaban J connectivity index is 2.41. The van der Waals surface area contributed by atoms with E-state index in [0.717, 1.165) is 12.2 Å². The van der Waals surface area contributed by atoms with Crippen LogP contribution in [0.5, 0.6) is 0 Å². The summed E-state index contributed by atoms with van der Waals surface area (Å²) in [5.41, 5.74) is 0. The van der Waals surface area contributed by atoms with Gasteiger partial charge in [-0.1, -0.05) is 0 Å². The van der Waals surface area contributed by atoms with E-state index in [-0.39, 0.29) is 5.91 Å². The standard InChI is InChI=1S/C8H11NO4/c10-7(1-2-8(11)12)9-3-5-13-6-4-9/h1-2H,3-6H2,(H,11,12)/p-1. The first-order chi connectivity index (χ1) is 6.20. The third kappa shape index (κ3) is 3.25. The lowest BCUT2D eigenvalue weighted by Crippen LogP contribution is -2.40. The lowest BCUT2D eigenvalue weighted by atomic mass is 10.3. The summed E-state index contributed by atoms with van der Waals surface area (Å²) in [5, 5.41) is 9.99. The number of ether oxygens (including phenoxy) is 1. The van der Waals surface area contributed by atoms with Gasteiger partial charge in [-0.05, 0) is 6.08 Å². The van der Waals surface area contributed by atoms with Gasteiger partial charge in [-0.25, -0.2) is 0 Å². The van der Waals surface area contributed by atoms with Crippen LogP contribution in [0.1, 0.15) is 0 Å². The summed E-state index contributed by atoms with van der Waals surface area (Å²) in [5.74, 6) is -1.67. The Hall–Kier alpha value is -1.36. The molecular weight excluding hydrogens is 174 g/mol. The van der Waals surface area contributed by atoms with Gasteiger partial charge in [0.15, 0.2) is 0 Å². The van der Waals surface area contributed by atoms with Gasteiger partial charge in [0.1, 0.15) is 0 Å². The van der Waals surface area contributed by atoms with Gasteiger partial charge in [0.05, 0.1) is 19.2 Å². The highest BCUT2D eigenvalue weighted by atomic mass is 16.5. The summed E-state index contributed by atoms with van der Waals surface area (Å²) in [4.78, 5) is 22.7. The van der Waals surface area contributed by atoms with E-state index in [1.54, 1.807) is 0 Å². The van der Waals surface area contributed by atoms with Gasteiger partial charge in [0.25, 0.3) is 0 Å². The molecular formula is C8H10NO4-. The summed E-state index contributed by atoms with van der Waals surface area (Å²) < 4.78 is 5.03. The highest BCUT2D eigenvalue weighted by Crippen LogP contribution is 1.97. The van der Waals surface area contributed by atoms with E-state index in [0.29, 0.717) is 26.3 Å². The first-order valence-corrected chi connectivity index (χ1v) is 3.96. The van der Waals surface area contributed by atoms with Crippen LogP contribution in [0.3, 0.4) is 0 Å². The van der Waals surface area contributed by atoms with E-state index in [4.69, 9.17) is 4.74 Å². The summed E-state index contributed by atoms with van der Waals surface area (Å²) in [6.45, 7) is 2.03. The SMILES string of the molecule is O=C([O-])C=CC(=O)N1CCOCC1. The molecule has 1 aliphatic heterocycles. The van der Waals surface area contributed by atoms with Crippen LogP contribution < -0.4 is 5.11 Å². The number of hydrogen-bond donors (Lipinski definition) is 0. The molecule has 0 aromatic rings. The number of carboxylic acid groups (broad SMARTS) is 1. The zero-order valence-electron chi connectivity index (χ0n) is 7.06. The number of carbonyl (C=O) groups is 2. The molecule has 5 nitrogen and oxygen atoms in total. The number of hydrogen-bond acceptors (Lipinski definition) is 4. The average molecular weight is 184 g/mol. The Labute approximate surface area is 75.6 Å². The van der Waals surface area contributed by atoms with Crippen molar-refractivity contribution >= 4 is 11.9 Å². The molecule has 0 aromatic heterocycles. The number of morpholine rings is 1. The first-order valence-electron chi connectivity index (χ1n) is 3.96. The third-order valence-corrected chi connectivity index (χ3v) is 1.68. The molecule has 0 aromatic carbocycles. The smallest absolute Gasteiger partial charge is 0.246 e. The highest BCUT2D eigenvalue weighted by molar-refractivity contribution is 5.93. The van der Waals surface area contributed by atoms with Gasteiger partial charge in [-0.2, -0.15) is 0 Å². The van der Waals surface area contributed by atoms with Gasteiger partial charge in [0.2, 0.25) is 5.91 Å². The van der Waals surface area contributed by atoms with E-state index in [1.807, 2.05) is 0 Å². The number of rotatable bonds is 2. The first kappa shape index (κ1) is 9.73. The number of amides is 1. The summed E-state index contributed by atoms with van der Waals surface area (Å²) in [6.07, 6.45) is 1.73. The fourth-order valence-electron chi connectivity index (χ4n) is 1.03. The van der Waals surface area contributed by atoms with Crippen molar-refractivity contribution in [2.45, 2.75) is 0 Å². The molecule has 0 atom stereocenters. The monoisotopic (exact) mass is 184 g/mol. The molecule has 0 aliphatic carbocycles. The molecule has 1 heterocycles. The molecule has 1 saturated heterocycles. The predicted molar refractivity (Wildman–Crippen MR) is 41.5 cm³/mol. The minimum absolute atomic E-state index is 0.312. The van der Waals surface area contributed by atoms with Gasteiger partial charge in [-0.3, -0.25) is 4.79 Å². The van der Waals surface area contributed by atoms with Crippen molar-refractivity contribution in [2.24, 2.45) is 0 Å². The maximum Gasteiger partial charge on any atom is 0.246 e. The van der Waals surface area contributed by atoms with Crippen LogP contribution in [0, 0.1) is 0 Å². The summed E-state index contributed by atoms with van der Waals surface area (Å²) in [7, 11) is 0. The minimum Gasteiger partial charge on any atom is -0.545 e. The molecule has 1 amide bonds. The predicted octanol–water partition coefficient (Wildman–Crippen LogP) is -1.85. The van der Waals surface area contributed by atoms with Crippen molar-refractivity contribution in [3.63, 3.8) is 0 Å². The molecule has 0 bridgehead atoms. The molecule has 1 fully saturated rings. The quantitative estimate of drug-likeness (QED) is 0.472. The second-order valence-electron chi connectivity index (χ2n) is 2.59. The van der Waals surface area contributed by atoms with Crippen molar-refractivity contribution in [3.8, 4) is 0 Å². The van der Waals surface area contributed by atoms with E-state index in [1.165, 1.54) is 4.90 Å². The van der Waals surface area contributed by atoms with Crippen LogP contribution in [0.25, 0.3) is 0 Å². The Kier molecular flexibility index (Phi) is 3.45. The molecule has 0 radical (unpaired) electrons. The Morgan fingerprint density at radius 1 is 1.23 bits per heavy atom. The van der Waals surface area contributed by atoms with Crippen LogP contribution in [-0.2, 0) is 14.3 Å². The lowest BCUT2D eigenvalue weighted by Gasteiger charge is -2.25. The van der Waals surface area contributed by atoms with Crippen molar-refractivity contribution in [2.75, 3.05) is 26.3 Å². The van der Waals surface area contributed by atoms with Crippen molar-refractivity contribution in [1.29, 1.82) is 0 Å². The molecule has 0 unspecified atom stereocenters. The topological polar surface area (TPSA) is 69.7 Å². The van der Waals surface area contributed by atoms with Crippen LogP contribution in [0.2, 0.25) is 0 Å². The third-order valence-electron chi connectivity index (χ3n) is 1.68. The van der Waals surface area contributed by atoms with Crippen LogP contribution in [0.4, 0.5) is 0 Å². The van der Waals surface area contributed by atoms with Gasteiger partial charge >= 0.3 is 0 Å². The zero-order valence-corrected chi connectivity index (χ0v) is 7.06. The molecule has 1 rings (SSSR count). The van der Waals surface area contributed by atoms with Crippen molar-refractivity contribution in [1.82, 2.24) is 4.90 Å². The summed E-state index contributed by atoms with van der Waals surface area (Å²) >= 11 is 0. The zero-order chi connectivity index (χ0) is 9.68. The molecule has 5 heteroatoms. The fraction of sp³-hybridized carbons (Fsp3) is 0.500. The number of carboxylic acids is 1. The second kappa shape index (κ2) is 4.61. The normalized spacial score (nSPS) is 17.7. The van der Waals surface area contributed by atoms with E-state index in [9.17, 15) is 14.7 Å². The van der Waals surface area contributed by atoms with E-state index in [2.05, 4.69) is 0 Å². The van der Waals surface area contributed by atoms with Crippen LogP contribution in [-0.4, -0.2) is 43.1 Å². The van der Waals surface area contributed by atoms with E-state index < -0.39 is 5.97 Å². The van der Waals surface area contributed by atoms with Crippen LogP contribution >= 0.6 is 0 Å². The van der Waals surface area contributed by atoms with E-state index >= 15 is 0 Å². The molecule has 13 heavy (non-hydrogen) atoms. The summed E-state index contributed by atoms with van der Waals surface area (Å²) in [6, 6.07) is 0. The fourth-order valence-corrected chi connectivity index (χ4v) is 1.03. The molecule has 0 spiro atoms. The Bertz CT molecular complexity index is 230. The number of aliphatic carboxylic acids is 1. The van der Waals surface area contributed by atoms with Gasteiger partial charge < -0.3 is 19.5 Å². The highest BCUT2D eigenvalue weighted by Gasteiger charge is 2.13. The van der Waals surface area contributed by atoms with Crippen molar-refractivity contribution < 1.29 is 19.4 Å². The molecule has 0 saturated carbocycles. The minimum atomic E-state index is -1.36. The van der Waals surface area contributed by atoms with Gasteiger partial charge in [0, 0.05) is 19.2 Å². The number of nitrogens with zero attached hydrogens (tertiary/aromatic N) is 1.